The Labute approximate surface area is 138 Å². The highest BCUT2D eigenvalue weighted by Crippen LogP contribution is 2.27. The molecular weight excluding hydrogens is 312 g/mol. The van der Waals surface area contributed by atoms with Crippen molar-refractivity contribution in [3.63, 3.8) is 0 Å². The van der Waals surface area contributed by atoms with E-state index in [1.165, 1.54) is 6.08 Å². The van der Waals surface area contributed by atoms with Gasteiger partial charge >= 0.3 is 0 Å². The fraction of sp³-hybridized carbons (Fsp3) is 0.471. The topological polar surface area (TPSA) is 66.5 Å². The largest absolute Gasteiger partial charge is 0.323 e. The molecule has 1 amide bonds. The molecule has 126 valence electrons. The number of hydrogen-bond acceptors (Lipinski definition) is 3. The van der Waals surface area contributed by atoms with E-state index in [2.05, 4.69) is 19.2 Å². The van der Waals surface area contributed by atoms with Crippen LogP contribution in [-0.4, -0.2) is 31.7 Å². The number of nitrogens with one attached hydrogen (secondary N) is 1. The molecule has 0 saturated carbocycles. The summed E-state index contributed by atoms with van der Waals surface area (Å²) in [4.78, 5) is 11.8. The Morgan fingerprint density at radius 3 is 2.26 bits per heavy atom. The number of allylic oxidation sites excluding steroid dienone is 1. The van der Waals surface area contributed by atoms with Crippen LogP contribution in [0.1, 0.15) is 27.2 Å². The third-order valence-electron chi connectivity index (χ3n) is 3.91. The van der Waals surface area contributed by atoms with Gasteiger partial charge in [0.15, 0.2) is 0 Å². The van der Waals surface area contributed by atoms with Gasteiger partial charge in [-0.2, -0.15) is 4.31 Å². The molecule has 1 aromatic carbocycles. The van der Waals surface area contributed by atoms with Crippen LogP contribution in [0.4, 0.5) is 5.69 Å². The first-order chi connectivity index (χ1) is 10.8. The Morgan fingerprint density at radius 1 is 1.17 bits per heavy atom. The summed E-state index contributed by atoms with van der Waals surface area (Å²) in [6.07, 6.45) is 4.12. The van der Waals surface area contributed by atoms with Gasteiger partial charge in [-0.3, -0.25) is 4.79 Å². The van der Waals surface area contributed by atoms with Crippen molar-refractivity contribution in [3.8, 4) is 0 Å². The van der Waals surface area contributed by atoms with Crippen molar-refractivity contribution in [2.24, 2.45) is 11.8 Å². The molecule has 5 nitrogen and oxygen atoms in total. The maximum absolute atomic E-state index is 12.7. The van der Waals surface area contributed by atoms with E-state index in [-0.39, 0.29) is 10.8 Å². The Kier molecular flexibility index (Phi) is 5.59. The van der Waals surface area contributed by atoms with Crippen LogP contribution in [0.2, 0.25) is 0 Å². The fourth-order valence-corrected chi connectivity index (χ4v) is 4.68. The van der Waals surface area contributed by atoms with E-state index in [0.717, 1.165) is 6.42 Å². The second kappa shape index (κ2) is 7.27. The summed E-state index contributed by atoms with van der Waals surface area (Å²) in [5.41, 5.74) is 0.576. The number of benzene rings is 1. The summed E-state index contributed by atoms with van der Waals surface area (Å²) in [6, 6.07) is 6.32. The minimum atomic E-state index is -3.48. The number of nitrogens with zero attached hydrogens (tertiary/aromatic N) is 1. The zero-order valence-corrected chi connectivity index (χ0v) is 14.6. The number of rotatable bonds is 4. The minimum Gasteiger partial charge on any atom is -0.323 e. The van der Waals surface area contributed by atoms with Gasteiger partial charge in [0.25, 0.3) is 0 Å². The smallest absolute Gasteiger partial charge is 0.248 e. The van der Waals surface area contributed by atoms with E-state index in [1.807, 2.05) is 0 Å². The quantitative estimate of drug-likeness (QED) is 0.860. The van der Waals surface area contributed by atoms with Gasteiger partial charge in [-0.1, -0.05) is 19.9 Å². The Bertz CT molecular complexity index is 670. The summed E-state index contributed by atoms with van der Waals surface area (Å²) in [7, 11) is -3.48. The summed E-state index contributed by atoms with van der Waals surface area (Å²) < 4.78 is 27.1. The molecule has 0 aliphatic carbocycles. The molecule has 1 aliphatic heterocycles. The van der Waals surface area contributed by atoms with Gasteiger partial charge in [-0.25, -0.2) is 8.42 Å². The lowest BCUT2D eigenvalue weighted by molar-refractivity contribution is -0.111. The molecule has 1 N–H and O–H groups in total. The number of piperidine rings is 1. The van der Waals surface area contributed by atoms with Crippen LogP contribution in [-0.2, 0) is 14.8 Å². The lowest BCUT2D eigenvalue weighted by atomic mass is 9.94. The molecule has 0 bridgehead atoms. The van der Waals surface area contributed by atoms with Gasteiger partial charge in [-0.15, -0.1) is 0 Å². The van der Waals surface area contributed by atoms with Crippen molar-refractivity contribution in [1.29, 1.82) is 0 Å². The van der Waals surface area contributed by atoms with Crippen LogP contribution in [0.3, 0.4) is 0 Å². The number of carbonyl (C=O) groups excluding carboxylic acids is 1. The first-order valence-corrected chi connectivity index (χ1v) is 9.31. The summed E-state index contributed by atoms with van der Waals surface area (Å²) in [5.74, 6) is 0.502. The molecule has 23 heavy (non-hydrogen) atoms. The Balaban J connectivity index is 2.15. The predicted molar refractivity (Wildman–Crippen MR) is 91.6 cm³/mol. The van der Waals surface area contributed by atoms with Gasteiger partial charge in [0.2, 0.25) is 15.9 Å². The number of sulfonamides is 1. The molecular formula is C17H24N2O3S. The zero-order chi connectivity index (χ0) is 17.0. The van der Waals surface area contributed by atoms with Crippen LogP contribution in [0, 0.1) is 11.8 Å². The highest BCUT2D eigenvalue weighted by atomic mass is 32.2. The molecule has 1 aliphatic rings. The molecule has 1 saturated heterocycles. The van der Waals surface area contributed by atoms with Crippen molar-refractivity contribution in [1.82, 2.24) is 4.31 Å². The zero-order valence-electron chi connectivity index (χ0n) is 13.8. The van der Waals surface area contributed by atoms with Crippen LogP contribution in [0.5, 0.6) is 0 Å². The van der Waals surface area contributed by atoms with E-state index < -0.39 is 10.0 Å². The van der Waals surface area contributed by atoms with E-state index in [4.69, 9.17) is 0 Å². The second-order valence-electron chi connectivity index (χ2n) is 6.28. The summed E-state index contributed by atoms with van der Waals surface area (Å²) in [5, 5.41) is 2.68. The third kappa shape index (κ3) is 4.42. The molecule has 2 atom stereocenters. The second-order valence-corrected chi connectivity index (χ2v) is 8.22. The minimum absolute atomic E-state index is 0.234. The molecule has 1 fully saturated rings. The molecule has 2 rings (SSSR count). The highest BCUT2D eigenvalue weighted by molar-refractivity contribution is 7.89. The molecule has 0 aromatic heterocycles. The lowest BCUT2D eigenvalue weighted by Crippen LogP contribution is -2.42. The van der Waals surface area contributed by atoms with Gasteiger partial charge in [0, 0.05) is 18.8 Å². The molecule has 1 aromatic rings. The maximum Gasteiger partial charge on any atom is 0.248 e. The van der Waals surface area contributed by atoms with Crippen LogP contribution < -0.4 is 5.32 Å². The number of hydrogen-bond donors (Lipinski definition) is 1. The Morgan fingerprint density at radius 2 is 1.74 bits per heavy atom. The Hall–Kier alpha value is -1.66. The van der Waals surface area contributed by atoms with Gasteiger partial charge < -0.3 is 5.32 Å². The number of amides is 1. The highest BCUT2D eigenvalue weighted by Gasteiger charge is 2.31. The predicted octanol–water partition coefficient (Wildman–Crippen LogP) is 2.87. The molecule has 0 radical (unpaired) electrons. The average Bonchev–Trinajstić information content (AvgIpc) is 2.47. The first-order valence-electron chi connectivity index (χ1n) is 7.87. The monoisotopic (exact) mass is 336 g/mol. The summed E-state index contributed by atoms with van der Waals surface area (Å²) >= 11 is 0. The van der Waals surface area contributed by atoms with Crippen molar-refractivity contribution in [2.45, 2.75) is 32.1 Å². The number of carbonyl (C=O) groups is 1. The van der Waals surface area contributed by atoms with E-state index in [9.17, 15) is 13.2 Å². The molecule has 0 unspecified atom stereocenters. The number of anilines is 1. The SMILES string of the molecule is C/C=C/C(=O)Nc1ccc(S(=O)(=O)N2C[C@@H](C)C[C@H](C)C2)cc1. The lowest BCUT2D eigenvalue weighted by Gasteiger charge is -2.34. The van der Waals surface area contributed by atoms with E-state index in [1.54, 1.807) is 41.6 Å². The fourth-order valence-electron chi connectivity index (χ4n) is 3.00. The van der Waals surface area contributed by atoms with E-state index >= 15 is 0 Å². The van der Waals surface area contributed by atoms with Crippen LogP contribution in [0.25, 0.3) is 0 Å². The van der Waals surface area contributed by atoms with Crippen molar-refractivity contribution >= 4 is 21.6 Å². The maximum atomic E-state index is 12.7. The first kappa shape index (κ1) is 17.7. The third-order valence-corrected chi connectivity index (χ3v) is 5.76. The normalized spacial score (nSPS) is 23.1. The van der Waals surface area contributed by atoms with E-state index in [0.29, 0.717) is 30.6 Å². The summed E-state index contributed by atoms with van der Waals surface area (Å²) in [6.45, 7) is 7.05. The van der Waals surface area contributed by atoms with Crippen molar-refractivity contribution in [2.75, 3.05) is 18.4 Å². The van der Waals surface area contributed by atoms with Crippen LogP contribution >= 0.6 is 0 Å². The van der Waals surface area contributed by atoms with Crippen LogP contribution in [0.15, 0.2) is 41.3 Å². The standard InChI is InChI=1S/C17H24N2O3S/c1-4-5-17(20)18-15-6-8-16(9-7-15)23(21,22)19-11-13(2)10-14(3)12-19/h4-9,13-14H,10-12H2,1-3H3,(H,18,20)/b5-4+/t13-,14-/m0/s1. The van der Waals surface area contributed by atoms with Crippen molar-refractivity contribution < 1.29 is 13.2 Å². The molecule has 1 heterocycles. The van der Waals surface area contributed by atoms with Gasteiger partial charge in [0.05, 0.1) is 4.90 Å². The van der Waals surface area contributed by atoms with Crippen molar-refractivity contribution in [3.05, 3.63) is 36.4 Å². The van der Waals surface area contributed by atoms with Gasteiger partial charge in [-0.05, 0) is 55.5 Å². The molecule has 0 spiro atoms. The van der Waals surface area contributed by atoms with Gasteiger partial charge in [0.1, 0.15) is 0 Å². The average molecular weight is 336 g/mol. The molecule has 6 heteroatoms.